The zero-order valence-electron chi connectivity index (χ0n) is 11.3. The number of benzene rings is 1. The number of rotatable bonds is 4. The third kappa shape index (κ3) is 3.63. The number of thiazole rings is 1. The second-order valence-electron chi connectivity index (χ2n) is 4.01. The predicted molar refractivity (Wildman–Crippen MR) is 86.7 cm³/mol. The fourth-order valence-electron chi connectivity index (χ4n) is 1.60. The van der Waals surface area contributed by atoms with E-state index in [1.165, 1.54) is 30.6 Å². The summed E-state index contributed by atoms with van der Waals surface area (Å²) in [6.45, 7) is 0. The number of nitrogens with zero attached hydrogens (tertiary/aromatic N) is 2. The van der Waals surface area contributed by atoms with Gasteiger partial charge in [0, 0.05) is 11.6 Å². The van der Waals surface area contributed by atoms with E-state index in [-0.39, 0.29) is 17.1 Å². The van der Waals surface area contributed by atoms with E-state index in [0.29, 0.717) is 15.2 Å². The van der Waals surface area contributed by atoms with Gasteiger partial charge in [0.25, 0.3) is 5.91 Å². The van der Waals surface area contributed by atoms with Gasteiger partial charge in [-0.15, -0.1) is 11.3 Å². The molecule has 1 heterocycles. The number of halogens is 1. The first-order chi connectivity index (χ1) is 10.5. The van der Waals surface area contributed by atoms with Gasteiger partial charge in [-0.25, -0.2) is 4.98 Å². The Labute approximate surface area is 138 Å². The Morgan fingerprint density at radius 1 is 1.59 bits per heavy atom. The average Bonchev–Trinajstić information content (AvgIpc) is 3.00. The van der Waals surface area contributed by atoms with E-state index in [9.17, 15) is 9.90 Å². The number of anilines is 1. The monoisotopic (exact) mass is 379 g/mol. The number of ether oxygens (including phenoxy) is 1. The number of carbonyl (C=O) groups excluding carboxylic acids is 1. The summed E-state index contributed by atoms with van der Waals surface area (Å²) in [6, 6.07) is 4.94. The molecule has 0 saturated carbocycles. The van der Waals surface area contributed by atoms with E-state index in [2.05, 4.69) is 26.2 Å². The van der Waals surface area contributed by atoms with Crippen LogP contribution in [0.1, 0.15) is 5.56 Å². The van der Waals surface area contributed by atoms with E-state index < -0.39 is 5.91 Å². The van der Waals surface area contributed by atoms with E-state index in [1.54, 1.807) is 17.6 Å². The van der Waals surface area contributed by atoms with Crippen LogP contribution < -0.4 is 10.1 Å². The van der Waals surface area contributed by atoms with Crippen molar-refractivity contribution in [2.45, 2.75) is 0 Å². The molecule has 8 heteroatoms. The van der Waals surface area contributed by atoms with Crippen LogP contribution in [0.25, 0.3) is 6.08 Å². The van der Waals surface area contributed by atoms with E-state index in [1.807, 2.05) is 6.07 Å². The lowest BCUT2D eigenvalue weighted by Gasteiger charge is -2.07. The summed E-state index contributed by atoms with van der Waals surface area (Å²) >= 11 is 4.44. The normalized spacial score (nSPS) is 10.9. The van der Waals surface area contributed by atoms with Crippen LogP contribution in [0, 0.1) is 11.3 Å². The van der Waals surface area contributed by atoms with Crippen LogP contribution in [0.3, 0.4) is 0 Å². The third-order valence-corrected chi connectivity index (χ3v) is 3.89. The molecule has 0 spiro atoms. The lowest BCUT2D eigenvalue weighted by atomic mass is 10.1. The first-order valence-corrected chi connectivity index (χ1v) is 7.61. The summed E-state index contributed by atoms with van der Waals surface area (Å²) in [5, 5.41) is 23.6. The lowest BCUT2D eigenvalue weighted by molar-refractivity contribution is -0.112. The number of carbonyl (C=O) groups is 1. The Kier molecular flexibility index (Phi) is 5.14. The Morgan fingerprint density at radius 2 is 2.36 bits per heavy atom. The van der Waals surface area contributed by atoms with Crippen molar-refractivity contribution in [3.05, 3.63) is 39.3 Å². The first kappa shape index (κ1) is 16.0. The Morgan fingerprint density at radius 3 is 2.95 bits per heavy atom. The fourth-order valence-corrected chi connectivity index (χ4v) is 2.58. The summed E-state index contributed by atoms with van der Waals surface area (Å²) < 4.78 is 5.43. The molecular weight excluding hydrogens is 370 g/mol. The van der Waals surface area contributed by atoms with Crippen molar-refractivity contribution in [2.24, 2.45) is 0 Å². The van der Waals surface area contributed by atoms with Gasteiger partial charge in [-0.3, -0.25) is 10.1 Å². The van der Waals surface area contributed by atoms with Crippen molar-refractivity contribution >= 4 is 44.4 Å². The molecule has 2 aromatic rings. The zero-order chi connectivity index (χ0) is 16.1. The Balaban J connectivity index is 2.31. The highest BCUT2D eigenvalue weighted by atomic mass is 79.9. The van der Waals surface area contributed by atoms with Crippen molar-refractivity contribution in [1.29, 1.82) is 5.26 Å². The molecule has 0 fully saturated rings. The molecule has 2 N–H and O–H groups in total. The lowest BCUT2D eigenvalue weighted by Crippen LogP contribution is -2.13. The minimum atomic E-state index is -0.555. The van der Waals surface area contributed by atoms with Gasteiger partial charge in [-0.1, -0.05) is 0 Å². The standard InChI is InChI=1S/C14H10BrN3O3S/c1-21-11-6-8(5-10(15)12(11)19)4-9(7-16)13(20)18-14-17-2-3-22-14/h2-6,19H,1H3,(H,17,18,20)/b9-4-. The van der Waals surface area contributed by atoms with Crippen molar-refractivity contribution in [3.8, 4) is 17.6 Å². The van der Waals surface area contributed by atoms with Crippen LogP contribution in [-0.2, 0) is 4.79 Å². The second-order valence-corrected chi connectivity index (χ2v) is 5.76. The van der Waals surface area contributed by atoms with Gasteiger partial charge in [0.15, 0.2) is 16.6 Å². The smallest absolute Gasteiger partial charge is 0.268 e. The minimum absolute atomic E-state index is 0.0506. The van der Waals surface area contributed by atoms with Gasteiger partial charge in [0.2, 0.25) is 0 Å². The second kappa shape index (κ2) is 7.06. The maximum absolute atomic E-state index is 12.0. The summed E-state index contributed by atoms with van der Waals surface area (Å²) in [7, 11) is 1.41. The number of amides is 1. The molecule has 0 radical (unpaired) electrons. The molecule has 2 rings (SSSR count). The predicted octanol–water partition coefficient (Wildman–Crippen LogP) is 3.17. The third-order valence-electron chi connectivity index (χ3n) is 2.60. The maximum Gasteiger partial charge on any atom is 0.268 e. The van der Waals surface area contributed by atoms with Gasteiger partial charge >= 0.3 is 0 Å². The van der Waals surface area contributed by atoms with E-state index in [4.69, 9.17) is 10.00 Å². The molecule has 0 aliphatic carbocycles. The molecule has 22 heavy (non-hydrogen) atoms. The number of phenols is 1. The molecule has 0 aliphatic heterocycles. The molecule has 1 aromatic carbocycles. The van der Waals surface area contributed by atoms with Gasteiger partial charge in [-0.05, 0) is 39.7 Å². The van der Waals surface area contributed by atoms with E-state index >= 15 is 0 Å². The van der Waals surface area contributed by atoms with Gasteiger partial charge < -0.3 is 9.84 Å². The van der Waals surface area contributed by atoms with Crippen LogP contribution in [-0.4, -0.2) is 23.1 Å². The van der Waals surface area contributed by atoms with Crippen molar-refractivity contribution in [2.75, 3.05) is 12.4 Å². The first-order valence-electron chi connectivity index (χ1n) is 5.94. The molecule has 1 aromatic heterocycles. The van der Waals surface area contributed by atoms with Crippen LogP contribution >= 0.6 is 27.3 Å². The molecule has 6 nitrogen and oxygen atoms in total. The van der Waals surface area contributed by atoms with Gasteiger partial charge in [-0.2, -0.15) is 5.26 Å². The molecule has 112 valence electrons. The average molecular weight is 380 g/mol. The highest BCUT2D eigenvalue weighted by Gasteiger charge is 2.13. The number of nitriles is 1. The number of aromatic hydroxyl groups is 1. The van der Waals surface area contributed by atoms with Crippen molar-refractivity contribution in [1.82, 2.24) is 4.98 Å². The van der Waals surface area contributed by atoms with Crippen LogP contribution in [0.4, 0.5) is 5.13 Å². The molecule has 0 unspecified atom stereocenters. The number of hydrogen-bond donors (Lipinski definition) is 2. The molecule has 0 atom stereocenters. The molecule has 0 bridgehead atoms. The largest absolute Gasteiger partial charge is 0.503 e. The Hall–Kier alpha value is -2.37. The number of phenolic OH excluding ortho intramolecular Hbond substituents is 1. The number of aromatic nitrogens is 1. The van der Waals surface area contributed by atoms with Crippen LogP contribution in [0.15, 0.2) is 33.8 Å². The number of methoxy groups -OCH3 is 1. The summed E-state index contributed by atoms with van der Waals surface area (Å²) in [5.74, 6) is -0.371. The van der Waals surface area contributed by atoms with Gasteiger partial charge in [0.05, 0.1) is 11.6 Å². The zero-order valence-corrected chi connectivity index (χ0v) is 13.7. The fraction of sp³-hybridized carbons (Fsp3) is 0.0714. The summed E-state index contributed by atoms with van der Waals surface area (Å²) in [5.41, 5.74) is 0.446. The van der Waals surface area contributed by atoms with Crippen LogP contribution in [0.5, 0.6) is 11.5 Å². The summed E-state index contributed by atoms with van der Waals surface area (Å²) in [6.07, 6.45) is 2.95. The molecule has 0 aliphatic rings. The highest BCUT2D eigenvalue weighted by Crippen LogP contribution is 2.35. The molecular formula is C14H10BrN3O3S. The number of nitrogens with one attached hydrogen (secondary N) is 1. The minimum Gasteiger partial charge on any atom is -0.503 e. The van der Waals surface area contributed by atoms with Gasteiger partial charge in [0.1, 0.15) is 11.6 Å². The van der Waals surface area contributed by atoms with Crippen molar-refractivity contribution < 1.29 is 14.6 Å². The Bertz CT molecular complexity index is 766. The molecule has 0 saturated heterocycles. The molecule has 1 amide bonds. The van der Waals surface area contributed by atoms with E-state index in [0.717, 1.165) is 0 Å². The van der Waals surface area contributed by atoms with Crippen molar-refractivity contribution in [3.63, 3.8) is 0 Å². The summed E-state index contributed by atoms with van der Waals surface area (Å²) in [4.78, 5) is 15.9. The van der Waals surface area contributed by atoms with Crippen LogP contribution in [0.2, 0.25) is 0 Å². The SMILES string of the molecule is COc1cc(/C=C(/C#N)C(=O)Nc2nccs2)cc(Br)c1O. The maximum atomic E-state index is 12.0. The topological polar surface area (TPSA) is 95.2 Å². The highest BCUT2D eigenvalue weighted by molar-refractivity contribution is 9.10. The quantitative estimate of drug-likeness (QED) is 0.628. The number of hydrogen-bond acceptors (Lipinski definition) is 6.